The van der Waals surface area contributed by atoms with Gasteiger partial charge in [-0.1, -0.05) is 15.9 Å². The predicted octanol–water partition coefficient (Wildman–Crippen LogP) is 0.840. The van der Waals surface area contributed by atoms with Crippen molar-refractivity contribution in [3.05, 3.63) is 28.7 Å². The Morgan fingerprint density at radius 1 is 1.15 bits per heavy atom. The van der Waals surface area contributed by atoms with Crippen molar-refractivity contribution in [2.45, 2.75) is 4.90 Å². The molecule has 0 aliphatic carbocycles. The molecule has 0 bridgehead atoms. The number of halogens is 1. The van der Waals surface area contributed by atoms with Crippen LogP contribution in [0.15, 0.2) is 33.6 Å². The number of nitrogens with zero attached hydrogens (tertiary/aromatic N) is 2. The number of rotatable bonds is 4. The van der Waals surface area contributed by atoms with Gasteiger partial charge in [0.25, 0.3) is 0 Å². The third kappa shape index (κ3) is 3.57. The zero-order valence-electron chi connectivity index (χ0n) is 10.7. The Kier molecular flexibility index (Phi) is 4.79. The molecule has 1 aromatic carbocycles. The molecule has 1 heterocycles. The molecule has 1 aliphatic rings. The molecule has 0 spiro atoms. The Balaban J connectivity index is 2.05. The summed E-state index contributed by atoms with van der Waals surface area (Å²) in [5, 5.41) is 8.72. The van der Waals surface area contributed by atoms with Crippen LogP contribution in [0.5, 0.6) is 0 Å². The first-order chi connectivity index (χ1) is 9.39. The third-order valence-corrected chi connectivity index (χ3v) is 5.58. The molecule has 2 rings (SSSR count). The van der Waals surface area contributed by atoms with E-state index in [1.807, 2.05) is 0 Å². The Labute approximate surface area is 126 Å². The van der Waals surface area contributed by atoms with Crippen LogP contribution in [0.4, 0.5) is 0 Å². The summed E-state index contributed by atoms with van der Waals surface area (Å²) in [6, 6.07) is 6.49. The number of carboxylic acid groups (broad SMARTS) is 1. The van der Waals surface area contributed by atoms with Gasteiger partial charge in [0.1, 0.15) is 0 Å². The number of benzene rings is 1. The average Bonchev–Trinajstić information content (AvgIpc) is 2.39. The van der Waals surface area contributed by atoms with Crippen molar-refractivity contribution in [3.8, 4) is 0 Å². The fraction of sp³-hybridized carbons (Fsp3) is 0.417. The summed E-state index contributed by atoms with van der Waals surface area (Å²) in [5.41, 5.74) is 0. The number of aliphatic carboxylic acids is 1. The van der Waals surface area contributed by atoms with Crippen LogP contribution in [-0.4, -0.2) is 61.4 Å². The van der Waals surface area contributed by atoms with Crippen LogP contribution in [0.25, 0.3) is 0 Å². The molecular formula is C12H15BrN2O4S. The summed E-state index contributed by atoms with van der Waals surface area (Å²) in [6.07, 6.45) is 0. The van der Waals surface area contributed by atoms with Crippen molar-refractivity contribution in [1.82, 2.24) is 9.21 Å². The van der Waals surface area contributed by atoms with Crippen molar-refractivity contribution in [2.24, 2.45) is 0 Å². The number of hydrogen-bond donors (Lipinski definition) is 1. The second-order valence-electron chi connectivity index (χ2n) is 4.53. The van der Waals surface area contributed by atoms with Gasteiger partial charge in [0.15, 0.2) is 0 Å². The summed E-state index contributed by atoms with van der Waals surface area (Å²) >= 11 is 3.27. The van der Waals surface area contributed by atoms with Gasteiger partial charge in [0.2, 0.25) is 10.0 Å². The molecule has 0 amide bonds. The third-order valence-electron chi connectivity index (χ3n) is 3.14. The van der Waals surface area contributed by atoms with Gasteiger partial charge in [-0.05, 0) is 24.3 Å². The predicted molar refractivity (Wildman–Crippen MR) is 77.0 cm³/mol. The zero-order chi connectivity index (χ0) is 14.8. The number of piperazine rings is 1. The standard InChI is InChI=1S/C12H15BrN2O4S/c13-10-1-3-11(4-2-10)20(18,19)15-7-5-14(6-8-15)9-12(16)17/h1-4H,5-9H2,(H,16,17). The molecule has 1 saturated heterocycles. The first-order valence-corrected chi connectivity index (χ1v) is 8.33. The molecule has 20 heavy (non-hydrogen) atoms. The van der Waals surface area contributed by atoms with E-state index in [0.29, 0.717) is 26.2 Å². The normalized spacial score (nSPS) is 18.1. The van der Waals surface area contributed by atoms with Gasteiger partial charge in [0.05, 0.1) is 11.4 Å². The van der Waals surface area contributed by atoms with Crippen LogP contribution in [-0.2, 0) is 14.8 Å². The van der Waals surface area contributed by atoms with E-state index in [1.165, 1.54) is 4.31 Å². The van der Waals surface area contributed by atoms with Crippen LogP contribution in [0.3, 0.4) is 0 Å². The van der Waals surface area contributed by atoms with E-state index in [9.17, 15) is 13.2 Å². The Morgan fingerprint density at radius 3 is 2.20 bits per heavy atom. The number of carbonyl (C=O) groups is 1. The minimum absolute atomic E-state index is 0.0494. The highest BCUT2D eigenvalue weighted by Gasteiger charge is 2.28. The number of carboxylic acids is 1. The second kappa shape index (κ2) is 6.21. The van der Waals surface area contributed by atoms with Gasteiger partial charge < -0.3 is 5.11 Å². The van der Waals surface area contributed by atoms with E-state index in [-0.39, 0.29) is 11.4 Å². The molecule has 0 aromatic heterocycles. The van der Waals surface area contributed by atoms with Crippen molar-refractivity contribution < 1.29 is 18.3 Å². The quantitative estimate of drug-likeness (QED) is 0.858. The average molecular weight is 363 g/mol. The maximum Gasteiger partial charge on any atom is 0.317 e. The molecule has 0 atom stereocenters. The van der Waals surface area contributed by atoms with Gasteiger partial charge in [-0.25, -0.2) is 8.42 Å². The Bertz CT molecular complexity index is 580. The van der Waals surface area contributed by atoms with E-state index in [4.69, 9.17) is 5.11 Å². The topological polar surface area (TPSA) is 77.9 Å². The molecule has 1 N–H and O–H groups in total. The second-order valence-corrected chi connectivity index (χ2v) is 7.38. The molecular weight excluding hydrogens is 348 g/mol. The lowest BCUT2D eigenvalue weighted by Gasteiger charge is -2.32. The van der Waals surface area contributed by atoms with Crippen LogP contribution in [0.1, 0.15) is 0 Å². The van der Waals surface area contributed by atoms with Crippen LogP contribution >= 0.6 is 15.9 Å². The highest BCUT2D eigenvalue weighted by atomic mass is 79.9. The van der Waals surface area contributed by atoms with Gasteiger partial charge in [-0.3, -0.25) is 9.69 Å². The molecule has 6 nitrogen and oxygen atoms in total. The highest BCUT2D eigenvalue weighted by Crippen LogP contribution is 2.19. The molecule has 0 radical (unpaired) electrons. The first kappa shape index (κ1) is 15.4. The zero-order valence-corrected chi connectivity index (χ0v) is 13.1. The van der Waals surface area contributed by atoms with Gasteiger partial charge in [-0.15, -0.1) is 0 Å². The van der Waals surface area contributed by atoms with Crippen molar-refractivity contribution in [1.29, 1.82) is 0 Å². The van der Waals surface area contributed by atoms with Crippen molar-refractivity contribution >= 4 is 31.9 Å². The molecule has 1 aromatic rings. The van der Waals surface area contributed by atoms with Crippen LogP contribution in [0, 0.1) is 0 Å². The number of hydrogen-bond acceptors (Lipinski definition) is 4. The van der Waals surface area contributed by atoms with E-state index in [0.717, 1.165) is 4.47 Å². The summed E-state index contributed by atoms with van der Waals surface area (Å²) in [4.78, 5) is 12.6. The van der Waals surface area contributed by atoms with Crippen LogP contribution in [0.2, 0.25) is 0 Å². The number of sulfonamides is 1. The molecule has 1 fully saturated rings. The Hall–Kier alpha value is -0.960. The van der Waals surface area contributed by atoms with Crippen molar-refractivity contribution in [3.63, 3.8) is 0 Å². The maximum absolute atomic E-state index is 12.4. The molecule has 1 aliphatic heterocycles. The maximum atomic E-state index is 12.4. The van der Waals surface area contributed by atoms with Crippen molar-refractivity contribution in [2.75, 3.05) is 32.7 Å². The fourth-order valence-electron chi connectivity index (χ4n) is 2.07. The van der Waals surface area contributed by atoms with E-state index in [2.05, 4.69) is 15.9 Å². The lowest BCUT2D eigenvalue weighted by atomic mass is 10.3. The SMILES string of the molecule is O=C(O)CN1CCN(S(=O)(=O)c2ccc(Br)cc2)CC1. The highest BCUT2D eigenvalue weighted by molar-refractivity contribution is 9.10. The van der Waals surface area contributed by atoms with E-state index < -0.39 is 16.0 Å². The summed E-state index contributed by atoms with van der Waals surface area (Å²) in [6.45, 7) is 1.44. The minimum Gasteiger partial charge on any atom is -0.480 e. The minimum atomic E-state index is -3.49. The monoisotopic (exact) mass is 362 g/mol. The lowest BCUT2D eigenvalue weighted by molar-refractivity contribution is -0.138. The van der Waals surface area contributed by atoms with Gasteiger partial charge >= 0.3 is 5.97 Å². The molecule has 0 unspecified atom stereocenters. The summed E-state index contributed by atoms with van der Waals surface area (Å²) in [5.74, 6) is -0.894. The Morgan fingerprint density at radius 2 is 1.70 bits per heavy atom. The van der Waals surface area contributed by atoms with Gasteiger partial charge in [0, 0.05) is 30.7 Å². The lowest BCUT2D eigenvalue weighted by Crippen LogP contribution is -2.49. The largest absolute Gasteiger partial charge is 0.480 e. The molecule has 8 heteroatoms. The molecule has 110 valence electrons. The van der Waals surface area contributed by atoms with Gasteiger partial charge in [-0.2, -0.15) is 4.31 Å². The summed E-state index contributed by atoms with van der Waals surface area (Å²) < 4.78 is 27.0. The van der Waals surface area contributed by atoms with E-state index in [1.54, 1.807) is 29.2 Å². The van der Waals surface area contributed by atoms with Crippen LogP contribution < -0.4 is 0 Å². The fourth-order valence-corrected chi connectivity index (χ4v) is 3.76. The van der Waals surface area contributed by atoms with E-state index >= 15 is 0 Å². The first-order valence-electron chi connectivity index (χ1n) is 6.09. The molecule has 0 saturated carbocycles. The summed E-state index contributed by atoms with van der Waals surface area (Å²) in [7, 11) is -3.49. The smallest absolute Gasteiger partial charge is 0.317 e.